The third kappa shape index (κ3) is 4.70. The smallest absolute Gasteiger partial charge is 0.438 e. The zero-order chi connectivity index (χ0) is 18.1. The second kappa shape index (κ2) is 6.43. The summed E-state index contributed by atoms with van der Waals surface area (Å²) in [6, 6.07) is 0. The molecule has 0 aromatic heterocycles. The summed E-state index contributed by atoms with van der Waals surface area (Å²) >= 11 is 0. The fourth-order valence-corrected chi connectivity index (χ4v) is 2.94. The maximum Gasteiger partial charge on any atom is 0.438 e. The van der Waals surface area contributed by atoms with E-state index in [1.54, 1.807) is 0 Å². The molecule has 0 aliphatic carbocycles. The van der Waals surface area contributed by atoms with Crippen molar-refractivity contribution in [2.24, 2.45) is 5.92 Å². The third-order valence-corrected chi connectivity index (χ3v) is 4.02. The van der Waals surface area contributed by atoms with E-state index in [1.165, 1.54) is 0 Å². The van der Waals surface area contributed by atoms with Crippen molar-refractivity contribution >= 4 is 16.1 Å². The number of esters is 1. The van der Waals surface area contributed by atoms with Crippen LogP contribution in [0.5, 0.6) is 0 Å². The highest BCUT2D eigenvalue weighted by Gasteiger charge is 2.76. The molecule has 13 heteroatoms. The number of carbonyl (C=O) groups excluding carboxylic acids is 1. The van der Waals surface area contributed by atoms with Gasteiger partial charge in [-0.25, -0.2) is 0 Å². The van der Waals surface area contributed by atoms with E-state index in [9.17, 15) is 39.6 Å². The van der Waals surface area contributed by atoms with Crippen molar-refractivity contribution in [3.63, 3.8) is 0 Å². The molecule has 0 atom stereocenters. The largest absolute Gasteiger partial charge is 0.438 e. The minimum Gasteiger partial charge on any atom is -0.438 e. The van der Waals surface area contributed by atoms with Gasteiger partial charge in [0.25, 0.3) is 10.1 Å². The summed E-state index contributed by atoms with van der Waals surface area (Å²) in [5.74, 6) is -5.91. The van der Waals surface area contributed by atoms with Crippen LogP contribution in [0.15, 0.2) is 0 Å². The number of halogens is 6. The molecule has 0 aromatic carbocycles. The van der Waals surface area contributed by atoms with Crippen LogP contribution >= 0.6 is 0 Å². The number of hydrogen-bond donors (Lipinski definition) is 2. The monoisotopic (exact) mass is 373 g/mol. The second-order valence-electron chi connectivity index (χ2n) is 4.99. The maximum atomic E-state index is 12.9. The molecule has 0 radical (unpaired) electrons. The first-order valence-electron chi connectivity index (χ1n) is 6.22. The Morgan fingerprint density at radius 2 is 1.52 bits per heavy atom. The van der Waals surface area contributed by atoms with Gasteiger partial charge < -0.3 is 10.1 Å². The zero-order valence-corrected chi connectivity index (χ0v) is 12.2. The summed E-state index contributed by atoms with van der Waals surface area (Å²) in [6.07, 6.45) is -12.7. The molecule has 6 nitrogen and oxygen atoms in total. The minimum atomic E-state index is -6.29. The van der Waals surface area contributed by atoms with E-state index in [0.29, 0.717) is 0 Å². The SMILES string of the molecule is O=C(OC(CS(=O)(=O)O)(C(F)(F)F)C(F)(F)F)C1CCNCC1. The van der Waals surface area contributed by atoms with Gasteiger partial charge in [-0.2, -0.15) is 34.8 Å². The molecule has 1 fully saturated rings. The standard InChI is InChI=1S/C10H13F6NO5S/c11-9(12,13)8(10(14,15)16,5-23(19,20)21)22-7(18)6-1-3-17-4-2-6/h6,17H,1-5H2,(H,19,20,21). The van der Waals surface area contributed by atoms with Crippen molar-refractivity contribution in [1.29, 1.82) is 0 Å². The molecule has 0 unspecified atom stereocenters. The lowest BCUT2D eigenvalue weighted by Gasteiger charge is -2.36. The Balaban J connectivity index is 3.24. The molecule has 0 aromatic rings. The minimum absolute atomic E-state index is 0.0590. The Morgan fingerprint density at radius 3 is 1.87 bits per heavy atom. The predicted octanol–water partition coefficient (Wildman–Crippen LogP) is 1.28. The average molecular weight is 373 g/mol. The third-order valence-electron chi connectivity index (χ3n) is 3.25. The predicted molar refractivity (Wildman–Crippen MR) is 62.9 cm³/mol. The number of nitrogens with one attached hydrogen (secondary N) is 1. The first-order chi connectivity index (χ1) is 10.2. The molecule has 23 heavy (non-hydrogen) atoms. The molecule has 1 aliphatic rings. The number of ether oxygens (including phenoxy) is 1. The normalized spacial score (nSPS) is 18.7. The zero-order valence-electron chi connectivity index (χ0n) is 11.4. The summed E-state index contributed by atoms with van der Waals surface area (Å²) in [6.45, 7) is 0.367. The molecule has 0 bridgehead atoms. The first-order valence-corrected chi connectivity index (χ1v) is 7.83. The topological polar surface area (TPSA) is 92.7 Å². The van der Waals surface area contributed by atoms with Crippen LogP contribution in [0.2, 0.25) is 0 Å². The highest BCUT2D eigenvalue weighted by molar-refractivity contribution is 7.85. The second-order valence-corrected chi connectivity index (χ2v) is 6.45. The van der Waals surface area contributed by atoms with E-state index in [0.717, 1.165) is 0 Å². The van der Waals surface area contributed by atoms with Gasteiger partial charge in [-0.3, -0.25) is 9.35 Å². The van der Waals surface area contributed by atoms with Crippen molar-refractivity contribution in [3.8, 4) is 0 Å². The number of carbonyl (C=O) groups is 1. The van der Waals surface area contributed by atoms with Crippen molar-refractivity contribution in [1.82, 2.24) is 5.32 Å². The van der Waals surface area contributed by atoms with Crippen LogP contribution in [0.1, 0.15) is 12.8 Å². The highest BCUT2D eigenvalue weighted by atomic mass is 32.2. The molecular formula is C10H13F6NO5S. The van der Waals surface area contributed by atoms with Crippen molar-refractivity contribution in [2.45, 2.75) is 30.8 Å². The Kier molecular flexibility index (Phi) is 5.58. The van der Waals surface area contributed by atoms with Gasteiger partial charge in [0.2, 0.25) is 0 Å². The van der Waals surface area contributed by atoms with E-state index in [4.69, 9.17) is 4.55 Å². The molecule has 1 rings (SSSR count). The van der Waals surface area contributed by atoms with E-state index >= 15 is 0 Å². The van der Waals surface area contributed by atoms with Crippen LogP contribution in [0.3, 0.4) is 0 Å². The van der Waals surface area contributed by atoms with Gasteiger partial charge in [-0.1, -0.05) is 0 Å². The Labute approximate surface area is 126 Å². The Morgan fingerprint density at radius 1 is 1.09 bits per heavy atom. The van der Waals surface area contributed by atoms with Crippen molar-refractivity contribution in [3.05, 3.63) is 0 Å². The van der Waals surface area contributed by atoms with Gasteiger partial charge in [0, 0.05) is 0 Å². The molecule has 0 spiro atoms. The summed E-state index contributed by atoms with van der Waals surface area (Å²) in [4.78, 5) is 11.7. The summed E-state index contributed by atoms with van der Waals surface area (Å²) < 4.78 is 111. The maximum absolute atomic E-state index is 12.9. The van der Waals surface area contributed by atoms with Gasteiger partial charge in [-0.05, 0) is 25.9 Å². The van der Waals surface area contributed by atoms with Crippen LogP contribution < -0.4 is 5.32 Å². The van der Waals surface area contributed by atoms with E-state index in [2.05, 4.69) is 10.1 Å². The van der Waals surface area contributed by atoms with E-state index in [-0.39, 0.29) is 25.9 Å². The molecule has 136 valence electrons. The molecular weight excluding hydrogens is 360 g/mol. The average Bonchev–Trinajstić information content (AvgIpc) is 2.34. The lowest BCUT2D eigenvalue weighted by Crippen LogP contribution is -2.64. The highest BCUT2D eigenvalue weighted by Crippen LogP contribution is 2.47. The molecule has 0 saturated carbocycles. The van der Waals surface area contributed by atoms with Gasteiger partial charge in [0.05, 0.1) is 5.92 Å². The molecule has 2 N–H and O–H groups in total. The fraction of sp³-hybridized carbons (Fsp3) is 0.900. The number of piperidine rings is 1. The molecule has 1 heterocycles. The van der Waals surface area contributed by atoms with E-state index in [1.807, 2.05) is 0 Å². The Hall–Kier alpha value is -1.08. The molecule has 1 aliphatic heterocycles. The molecule has 0 amide bonds. The van der Waals surface area contributed by atoms with Crippen molar-refractivity contribution in [2.75, 3.05) is 18.8 Å². The van der Waals surface area contributed by atoms with Gasteiger partial charge in [0.15, 0.2) is 0 Å². The van der Waals surface area contributed by atoms with Crippen molar-refractivity contribution < 1.29 is 48.8 Å². The summed E-state index contributed by atoms with van der Waals surface area (Å²) in [5, 5.41) is 2.74. The van der Waals surface area contributed by atoms with Gasteiger partial charge in [-0.15, -0.1) is 0 Å². The number of alkyl halides is 6. The lowest BCUT2D eigenvalue weighted by atomic mass is 9.97. The first kappa shape index (κ1) is 20.0. The van der Waals surface area contributed by atoms with Crippen LogP contribution in [0.25, 0.3) is 0 Å². The number of hydrogen-bond acceptors (Lipinski definition) is 5. The summed E-state index contributed by atoms with van der Waals surface area (Å²) in [5.41, 5.74) is -5.32. The fourth-order valence-electron chi connectivity index (χ4n) is 2.04. The van der Waals surface area contributed by atoms with Crippen LogP contribution in [0, 0.1) is 5.92 Å². The van der Waals surface area contributed by atoms with Crippen LogP contribution in [-0.2, 0) is 19.6 Å². The molecule has 1 saturated heterocycles. The Bertz CT molecular complexity index is 523. The quantitative estimate of drug-likeness (QED) is 0.438. The van der Waals surface area contributed by atoms with Gasteiger partial charge >= 0.3 is 23.9 Å². The lowest BCUT2D eigenvalue weighted by molar-refractivity contribution is -0.362. The van der Waals surface area contributed by atoms with Gasteiger partial charge in [0.1, 0.15) is 5.75 Å². The number of rotatable bonds is 4. The van der Waals surface area contributed by atoms with E-state index < -0.39 is 45.7 Å². The summed E-state index contributed by atoms with van der Waals surface area (Å²) in [7, 11) is -5.75. The van der Waals surface area contributed by atoms with Crippen LogP contribution in [-0.4, -0.2) is 55.7 Å². The van der Waals surface area contributed by atoms with Crippen LogP contribution in [0.4, 0.5) is 26.3 Å².